The van der Waals surface area contributed by atoms with Crippen molar-refractivity contribution in [2.24, 2.45) is 0 Å². The second-order valence-corrected chi connectivity index (χ2v) is 8.66. The van der Waals surface area contributed by atoms with Crippen molar-refractivity contribution in [2.75, 3.05) is 0 Å². The summed E-state index contributed by atoms with van der Waals surface area (Å²) in [6.45, 7) is -2.25. The van der Waals surface area contributed by atoms with E-state index in [4.69, 9.17) is 11.3 Å². The van der Waals surface area contributed by atoms with Crippen molar-refractivity contribution in [1.29, 1.82) is 0 Å². The number of hydrogen-bond donors (Lipinski definition) is 0. The summed E-state index contributed by atoms with van der Waals surface area (Å²) < 4.78 is 46.2. The molecule has 0 unspecified atom stereocenters. The first-order valence-corrected chi connectivity index (χ1v) is 12.4. The Bertz CT molecular complexity index is 2000. The van der Waals surface area contributed by atoms with Crippen molar-refractivity contribution < 1.29 is 31.4 Å². The standard InChI is InChI=1S/C24H17N2O.C11H8N.Ir/c1-16-12-13-25-22(14-16)21-9-5-8-19-20-11-10-18(26-24(20)27-23(19)21)15-17-6-3-2-4-7-17;1-2-6-10(7-3-1)11-8-4-5-9-12-11;/h2-8,10-14H,15H2,1H3;1-6,8-9H;/q2*-1;/i1D3,15D2;;. The SMILES string of the molecule is [2H]C([2H])([2H])c1ccnc(-c2[c-]ccc3c2oc2nc(C([2H])([2H])c4ccccc4)ccc23)c1.[Ir].[c-]1ccccc1-c1ccccn1. The van der Waals surface area contributed by atoms with Gasteiger partial charge >= 0.3 is 0 Å². The van der Waals surface area contributed by atoms with Gasteiger partial charge in [0.1, 0.15) is 0 Å². The van der Waals surface area contributed by atoms with E-state index in [1.54, 1.807) is 48.7 Å². The number of pyridine rings is 3. The Morgan fingerprint density at radius 1 is 0.775 bits per heavy atom. The average molecular weight is 701 g/mol. The van der Waals surface area contributed by atoms with Crippen LogP contribution in [-0.2, 0) is 26.5 Å². The summed E-state index contributed by atoms with van der Waals surface area (Å²) in [6.07, 6.45) is 1.45. The first-order valence-electron chi connectivity index (χ1n) is 14.9. The molecule has 7 rings (SSSR count). The molecule has 4 heterocycles. The Morgan fingerprint density at radius 2 is 1.62 bits per heavy atom. The van der Waals surface area contributed by atoms with Crippen LogP contribution in [0.15, 0.2) is 126 Å². The van der Waals surface area contributed by atoms with Gasteiger partial charge in [0.25, 0.3) is 0 Å². The zero-order chi connectivity index (χ0) is 30.7. The third-order valence-corrected chi connectivity index (χ3v) is 6.01. The molecule has 4 nitrogen and oxygen atoms in total. The second kappa shape index (κ2) is 12.6. The summed E-state index contributed by atoms with van der Waals surface area (Å²) in [6, 6.07) is 38.8. The fourth-order valence-electron chi connectivity index (χ4n) is 4.19. The van der Waals surface area contributed by atoms with Gasteiger partial charge in [-0.2, -0.15) is 0 Å². The van der Waals surface area contributed by atoms with E-state index in [0.717, 1.165) is 22.0 Å². The number of hydrogen-bond acceptors (Lipinski definition) is 4. The van der Waals surface area contributed by atoms with Gasteiger partial charge in [0.05, 0.1) is 5.58 Å². The fourth-order valence-corrected chi connectivity index (χ4v) is 4.19. The third-order valence-electron chi connectivity index (χ3n) is 6.01. The molecule has 1 radical (unpaired) electrons. The molecular weight excluding hydrogens is 671 g/mol. The van der Waals surface area contributed by atoms with Gasteiger partial charge < -0.3 is 14.4 Å². The molecule has 0 fully saturated rings. The molecule has 5 heteroatoms. The number of furan rings is 1. The van der Waals surface area contributed by atoms with Crippen LogP contribution >= 0.6 is 0 Å². The quantitative estimate of drug-likeness (QED) is 0.174. The van der Waals surface area contributed by atoms with Crippen LogP contribution in [0, 0.1) is 19.0 Å². The molecule has 3 aromatic carbocycles. The van der Waals surface area contributed by atoms with Crippen molar-refractivity contribution in [1.82, 2.24) is 15.0 Å². The van der Waals surface area contributed by atoms with Crippen LogP contribution in [0.5, 0.6) is 0 Å². The van der Waals surface area contributed by atoms with Crippen molar-refractivity contribution in [3.8, 4) is 22.5 Å². The molecule has 0 atom stereocenters. The summed E-state index contributed by atoms with van der Waals surface area (Å²) >= 11 is 0. The predicted molar refractivity (Wildman–Crippen MR) is 156 cm³/mol. The van der Waals surface area contributed by atoms with E-state index >= 15 is 0 Å². The van der Waals surface area contributed by atoms with Gasteiger partial charge in [-0.3, -0.25) is 0 Å². The summed E-state index contributed by atoms with van der Waals surface area (Å²) in [5, 5.41) is 1.50. The van der Waals surface area contributed by atoms with E-state index in [1.807, 2.05) is 54.6 Å². The number of nitrogens with zero attached hydrogens (tertiary/aromatic N) is 3. The van der Waals surface area contributed by atoms with Gasteiger partial charge in [-0.15, -0.1) is 54.1 Å². The largest absolute Gasteiger partial charge is 0.486 e. The van der Waals surface area contributed by atoms with Gasteiger partial charge in [-0.25, -0.2) is 4.98 Å². The van der Waals surface area contributed by atoms with E-state index in [9.17, 15) is 0 Å². The number of rotatable bonds is 4. The van der Waals surface area contributed by atoms with E-state index in [-0.39, 0.29) is 31.4 Å². The topological polar surface area (TPSA) is 51.8 Å². The minimum absolute atomic E-state index is 0. The molecule has 7 aromatic rings. The van der Waals surface area contributed by atoms with Gasteiger partial charge in [0.15, 0.2) is 0 Å². The molecule has 0 spiro atoms. The number of benzene rings is 3. The molecule has 0 saturated carbocycles. The molecule has 0 N–H and O–H groups in total. The first-order chi connectivity index (χ1) is 21.2. The van der Waals surface area contributed by atoms with E-state index in [2.05, 4.69) is 27.1 Å². The molecule has 0 aliphatic carbocycles. The zero-order valence-electron chi connectivity index (χ0n) is 26.1. The molecule has 40 heavy (non-hydrogen) atoms. The molecular formula is C35H25IrN3O-2. The molecule has 197 valence electrons. The molecule has 4 aromatic heterocycles. The first kappa shape index (κ1) is 21.4. The summed E-state index contributed by atoms with van der Waals surface area (Å²) in [5.74, 6) is 0. The van der Waals surface area contributed by atoms with Gasteiger partial charge in [0, 0.05) is 56.8 Å². The van der Waals surface area contributed by atoms with Gasteiger partial charge in [-0.1, -0.05) is 65.0 Å². The second-order valence-electron chi connectivity index (χ2n) is 8.66. The maximum absolute atomic E-state index is 8.57. The minimum atomic E-state index is -2.25. The van der Waals surface area contributed by atoms with Gasteiger partial charge in [-0.05, 0) is 48.1 Å². The van der Waals surface area contributed by atoms with E-state index < -0.39 is 13.2 Å². The van der Waals surface area contributed by atoms with Crippen LogP contribution in [-0.4, -0.2) is 15.0 Å². The fraction of sp³-hybridized carbons (Fsp3) is 0.0571. The molecule has 0 amide bonds. The Kier molecular flexibility index (Phi) is 6.74. The van der Waals surface area contributed by atoms with Crippen LogP contribution in [0.1, 0.15) is 23.7 Å². The Morgan fingerprint density at radius 3 is 2.42 bits per heavy atom. The number of fused-ring (bicyclic) bond motifs is 3. The molecule has 0 aliphatic heterocycles. The number of aromatic nitrogens is 3. The molecule has 0 aliphatic rings. The maximum atomic E-state index is 8.57. The third kappa shape index (κ3) is 6.07. The van der Waals surface area contributed by atoms with E-state index in [1.165, 1.54) is 18.3 Å². The van der Waals surface area contributed by atoms with Crippen molar-refractivity contribution in [3.63, 3.8) is 0 Å². The number of aryl methyl sites for hydroxylation is 1. The van der Waals surface area contributed by atoms with Crippen LogP contribution in [0.4, 0.5) is 0 Å². The van der Waals surface area contributed by atoms with E-state index in [0.29, 0.717) is 28.1 Å². The van der Waals surface area contributed by atoms with Crippen LogP contribution in [0.2, 0.25) is 0 Å². The normalized spacial score (nSPS) is 13.1. The Labute approximate surface area is 254 Å². The maximum Gasteiger partial charge on any atom is 0.216 e. The zero-order valence-corrected chi connectivity index (χ0v) is 23.5. The smallest absolute Gasteiger partial charge is 0.216 e. The van der Waals surface area contributed by atoms with Gasteiger partial charge in [0.2, 0.25) is 5.71 Å². The van der Waals surface area contributed by atoms with Crippen molar-refractivity contribution in [3.05, 3.63) is 151 Å². The monoisotopic (exact) mass is 701 g/mol. The van der Waals surface area contributed by atoms with Crippen LogP contribution < -0.4 is 0 Å². The average Bonchev–Trinajstić information content (AvgIpc) is 3.44. The Hall–Kier alpha value is -4.44. The minimum Gasteiger partial charge on any atom is -0.486 e. The van der Waals surface area contributed by atoms with Crippen LogP contribution in [0.25, 0.3) is 44.6 Å². The summed E-state index contributed by atoms with van der Waals surface area (Å²) in [4.78, 5) is 13.0. The van der Waals surface area contributed by atoms with Crippen molar-refractivity contribution >= 4 is 22.1 Å². The Balaban J connectivity index is 0.000000258. The van der Waals surface area contributed by atoms with Crippen molar-refractivity contribution in [2.45, 2.75) is 13.2 Å². The summed E-state index contributed by atoms with van der Waals surface area (Å²) in [7, 11) is 0. The predicted octanol–water partition coefficient (Wildman–Crippen LogP) is 8.29. The molecule has 0 saturated heterocycles. The summed E-state index contributed by atoms with van der Waals surface area (Å²) in [5.41, 5.74) is 4.66. The van der Waals surface area contributed by atoms with Crippen LogP contribution in [0.3, 0.4) is 0 Å². The molecule has 0 bridgehead atoms.